The van der Waals surface area contributed by atoms with Crippen LogP contribution in [0.4, 0.5) is 11.6 Å². The van der Waals surface area contributed by atoms with Crippen LogP contribution in [-0.2, 0) is 4.74 Å². The lowest BCUT2D eigenvalue weighted by atomic mass is 10.2. The summed E-state index contributed by atoms with van der Waals surface area (Å²) in [4.78, 5) is 19.4. The number of anilines is 2. The van der Waals surface area contributed by atoms with Crippen molar-refractivity contribution in [2.45, 2.75) is 6.92 Å². The first-order valence-corrected chi connectivity index (χ1v) is 11.0. The number of carbonyl (C=O) groups excluding carboxylic acids is 1. The zero-order valence-corrected chi connectivity index (χ0v) is 18.2. The third-order valence-corrected chi connectivity index (χ3v) is 6.10. The molecule has 2 saturated heterocycles. The minimum absolute atomic E-state index is 0.0260. The van der Waals surface area contributed by atoms with Crippen molar-refractivity contribution < 1.29 is 9.53 Å². The second-order valence-corrected chi connectivity index (χ2v) is 8.02. The van der Waals surface area contributed by atoms with E-state index in [0.717, 1.165) is 62.4 Å². The van der Waals surface area contributed by atoms with Crippen LogP contribution in [0.15, 0.2) is 48.7 Å². The number of hydrogen-bond acceptors (Lipinski definition) is 7. The second-order valence-electron chi connectivity index (χ2n) is 8.02. The van der Waals surface area contributed by atoms with Gasteiger partial charge in [0.25, 0.3) is 5.91 Å². The van der Waals surface area contributed by atoms with Gasteiger partial charge >= 0.3 is 0 Å². The predicted molar refractivity (Wildman–Crippen MR) is 121 cm³/mol. The Hall–Kier alpha value is -3.46. The minimum atomic E-state index is 0.0260. The Morgan fingerprint density at radius 3 is 2.09 bits per heavy atom. The average molecular weight is 434 g/mol. The molecule has 0 atom stereocenters. The van der Waals surface area contributed by atoms with Gasteiger partial charge in [0.05, 0.1) is 36.4 Å². The summed E-state index contributed by atoms with van der Waals surface area (Å²) >= 11 is 0. The highest BCUT2D eigenvalue weighted by molar-refractivity contribution is 5.95. The summed E-state index contributed by atoms with van der Waals surface area (Å²) in [5.74, 6) is 1.76. The van der Waals surface area contributed by atoms with Gasteiger partial charge in [0, 0.05) is 39.3 Å². The Morgan fingerprint density at radius 2 is 1.47 bits per heavy atom. The number of rotatable bonds is 4. The van der Waals surface area contributed by atoms with E-state index in [0.29, 0.717) is 18.7 Å². The fraction of sp³-hybridized carbons (Fsp3) is 0.391. The summed E-state index contributed by atoms with van der Waals surface area (Å²) in [5.41, 5.74) is 2.46. The molecule has 2 aliphatic heterocycles. The molecule has 0 bridgehead atoms. The van der Waals surface area contributed by atoms with Crippen LogP contribution in [0, 0.1) is 6.92 Å². The largest absolute Gasteiger partial charge is 0.378 e. The first-order valence-electron chi connectivity index (χ1n) is 11.0. The van der Waals surface area contributed by atoms with E-state index in [9.17, 15) is 4.79 Å². The fourth-order valence-corrected chi connectivity index (χ4v) is 4.21. The van der Waals surface area contributed by atoms with Crippen LogP contribution in [-0.4, -0.2) is 83.3 Å². The summed E-state index contributed by atoms with van der Waals surface area (Å²) < 4.78 is 7.21. The number of amides is 1. The van der Waals surface area contributed by atoms with Gasteiger partial charge in [-0.3, -0.25) is 4.79 Å². The third-order valence-electron chi connectivity index (χ3n) is 6.10. The van der Waals surface area contributed by atoms with Crippen LogP contribution in [0.1, 0.15) is 16.1 Å². The minimum Gasteiger partial charge on any atom is -0.378 e. The smallest absolute Gasteiger partial charge is 0.257 e. The van der Waals surface area contributed by atoms with Gasteiger partial charge < -0.3 is 19.4 Å². The highest BCUT2D eigenvalue weighted by Crippen LogP contribution is 2.20. The quantitative estimate of drug-likeness (QED) is 0.620. The molecule has 0 N–H and O–H groups in total. The summed E-state index contributed by atoms with van der Waals surface area (Å²) in [7, 11) is 0. The maximum atomic E-state index is 13.1. The first kappa shape index (κ1) is 20.4. The second kappa shape index (κ2) is 8.96. The van der Waals surface area contributed by atoms with Crippen molar-refractivity contribution in [2.75, 3.05) is 62.3 Å². The number of piperazine rings is 1. The van der Waals surface area contributed by atoms with Gasteiger partial charge in [-0.05, 0) is 31.2 Å². The average Bonchev–Trinajstić information content (AvgIpc) is 3.26. The normalized spacial score (nSPS) is 17.0. The van der Waals surface area contributed by atoms with Crippen molar-refractivity contribution >= 4 is 17.5 Å². The fourth-order valence-electron chi connectivity index (χ4n) is 4.21. The molecule has 9 heteroatoms. The van der Waals surface area contributed by atoms with Crippen molar-refractivity contribution in [2.24, 2.45) is 0 Å². The zero-order chi connectivity index (χ0) is 21.9. The van der Waals surface area contributed by atoms with Gasteiger partial charge in [-0.25, -0.2) is 4.68 Å². The van der Waals surface area contributed by atoms with Gasteiger partial charge in [0.15, 0.2) is 11.6 Å². The molecule has 1 aromatic carbocycles. The number of para-hydroxylation sites is 1. The predicted octanol–water partition coefficient (Wildman–Crippen LogP) is 1.77. The van der Waals surface area contributed by atoms with E-state index in [4.69, 9.17) is 4.74 Å². The Morgan fingerprint density at radius 1 is 0.844 bits per heavy atom. The Balaban J connectivity index is 1.21. The maximum absolute atomic E-state index is 13.1. The van der Waals surface area contributed by atoms with E-state index in [-0.39, 0.29) is 5.91 Å². The molecule has 0 aliphatic carbocycles. The third kappa shape index (κ3) is 4.03. The van der Waals surface area contributed by atoms with Gasteiger partial charge in [0.1, 0.15) is 0 Å². The summed E-state index contributed by atoms with van der Waals surface area (Å²) in [6.45, 7) is 7.81. The molecule has 5 rings (SSSR count). The zero-order valence-electron chi connectivity index (χ0n) is 18.2. The molecule has 166 valence electrons. The molecule has 1 amide bonds. The number of aromatic nitrogens is 4. The molecule has 4 heterocycles. The molecule has 3 aromatic rings. The number of nitrogens with zero attached hydrogens (tertiary/aromatic N) is 7. The molecular weight excluding hydrogens is 406 g/mol. The van der Waals surface area contributed by atoms with Crippen LogP contribution in [0.25, 0.3) is 5.69 Å². The number of ether oxygens (including phenoxy) is 1. The summed E-state index contributed by atoms with van der Waals surface area (Å²) in [6.07, 6.45) is 1.67. The van der Waals surface area contributed by atoms with Gasteiger partial charge in [0.2, 0.25) is 0 Å². The molecule has 2 fully saturated rings. The van der Waals surface area contributed by atoms with E-state index in [1.807, 2.05) is 59.0 Å². The highest BCUT2D eigenvalue weighted by Gasteiger charge is 2.26. The van der Waals surface area contributed by atoms with Crippen LogP contribution in [0.2, 0.25) is 0 Å². The van der Waals surface area contributed by atoms with Gasteiger partial charge in [-0.15, -0.1) is 10.2 Å². The molecular formula is C23H27N7O2. The lowest BCUT2D eigenvalue weighted by molar-refractivity contribution is 0.0745. The SMILES string of the molecule is Cc1c(C(=O)N2CCN(c3ccc(N4CCOCC4)nn3)CC2)cnn1-c1ccccc1. The van der Waals surface area contributed by atoms with E-state index < -0.39 is 0 Å². The Labute approximate surface area is 187 Å². The van der Waals surface area contributed by atoms with E-state index in [2.05, 4.69) is 25.1 Å². The number of hydrogen-bond donors (Lipinski definition) is 0. The molecule has 0 saturated carbocycles. The van der Waals surface area contributed by atoms with E-state index in [1.165, 1.54) is 0 Å². The standard InChI is InChI=1S/C23H27N7O2/c1-18-20(17-24-30(18)19-5-3-2-4-6-19)23(31)29-11-9-27(10-12-29)21-7-8-22(26-25-21)28-13-15-32-16-14-28/h2-8,17H,9-16H2,1H3. The molecule has 32 heavy (non-hydrogen) atoms. The molecule has 9 nitrogen and oxygen atoms in total. The lowest BCUT2D eigenvalue weighted by Gasteiger charge is -2.35. The Kier molecular flexibility index (Phi) is 5.72. The number of morpholine rings is 1. The monoisotopic (exact) mass is 433 g/mol. The van der Waals surface area contributed by atoms with Crippen LogP contribution < -0.4 is 9.80 Å². The maximum Gasteiger partial charge on any atom is 0.257 e. The Bertz CT molecular complexity index is 1050. The van der Waals surface area contributed by atoms with Crippen LogP contribution in [0.3, 0.4) is 0 Å². The summed E-state index contributed by atoms with van der Waals surface area (Å²) in [6, 6.07) is 13.9. The molecule has 0 radical (unpaired) electrons. The van der Waals surface area contributed by atoms with Crippen LogP contribution in [0.5, 0.6) is 0 Å². The number of benzene rings is 1. The topological polar surface area (TPSA) is 79.6 Å². The van der Waals surface area contributed by atoms with Crippen molar-refractivity contribution in [1.29, 1.82) is 0 Å². The van der Waals surface area contributed by atoms with Crippen molar-refractivity contribution in [3.05, 3.63) is 59.9 Å². The van der Waals surface area contributed by atoms with Crippen molar-refractivity contribution in [3.8, 4) is 5.69 Å². The van der Waals surface area contributed by atoms with Crippen LogP contribution >= 0.6 is 0 Å². The molecule has 2 aromatic heterocycles. The van der Waals surface area contributed by atoms with E-state index in [1.54, 1.807) is 6.20 Å². The number of carbonyl (C=O) groups is 1. The van der Waals surface area contributed by atoms with Gasteiger partial charge in [-0.2, -0.15) is 5.10 Å². The highest BCUT2D eigenvalue weighted by atomic mass is 16.5. The summed E-state index contributed by atoms with van der Waals surface area (Å²) in [5, 5.41) is 13.3. The van der Waals surface area contributed by atoms with Gasteiger partial charge in [-0.1, -0.05) is 18.2 Å². The van der Waals surface area contributed by atoms with Crippen molar-refractivity contribution in [3.63, 3.8) is 0 Å². The first-order chi connectivity index (χ1) is 15.7. The molecule has 0 unspecified atom stereocenters. The van der Waals surface area contributed by atoms with Crippen molar-refractivity contribution in [1.82, 2.24) is 24.9 Å². The lowest BCUT2D eigenvalue weighted by Crippen LogP contribution is -2.49. The molecule has 0 spiro atoms. The van der Waals surface area contributed by atoms with E-state index >= 15 is 0 Å². The molecule has 2 aliphatic rings.